The summed E-state index contributed by atoms with van der Waals surface area (Å²) in [5.74, 6) is 0. The molecule has 0 bridgehead atoms. The van der Waals surface area contributed by atoms with Crippen LogP contribution in [0.2, 0.25) is 5.02 Å². The van der Waals surface area contributed by atoms with Crippen LogP contribution >= 0.6 is 11.6 Å². The molecular formula is C10H11ClN2. The molecule has 2 aromatic rings. The predicted molar refractivity (Wildman–Crippen MR) is 55.8 cm³/mol. The Balaban J connectivity index is 2.88. The van der Waals surface area contributed by atoms with Gasteiger partial charge in [0.15, 0.2) is 0 Å². The van der Waals surface area contributed by atoms with Gasteiger partial charge >= 0.3 is 0 Å². The number of aromatic nitrogens is 1. The summed E-state index contributed by atoms with van der Waals surface area (Å²) in [7, 11) is 1.98. The molecule has 0 saturated carbocycles. The zero-order valence-electron chi connectivity index (χ0n) is 7.42. The topological polar surface area (TPSA) is 30.9 Å². The van der Waals surface area contributed by atoms with Crippen molar-refractivity contribution in [1.82, 2.24) is 4.57 Å². The van der Waals surface area contributed by atoms with Crippen LogP contribution in [-0.2, 0) is 13.6 Å². The zero-order valence-corrected chi connectivity index (χ0v) is 8.17. The van der Waals surface area contributed by atoms with Crippen molar-refractivity contribution in [2.75, 3.05) is 0 Å². The van der Waals surface area contributed by atoms with Crippen LogP contribution in [0.3, 0.4) is 0 Å². The number of rotatable bonds is 1. The second kappa shape index (κ2) is 3.05. The normalized spacial score (nSPS) is 11.0. The fraction of sp³-hybridized carbons (Fsp3) is 0.200. The van der Waals surface area contributed by atoms with E-state index >= 15 is 0 Å². The van der Waals surface area contributed by atoms with Crippen LogP contribution in [0.15, 0.2) is 24.4 Å². The van der Waals surface area contributed by atoms with Crippen LogP contribution in [0.25, 0.3) is 10.9 Å². The second-order valence-corrected chi connectivity index (χ2v) is 3.51. The monoisotopic (exact) mass is 194 g/mol. The van der Waals surface area contributed by atoms with Crippen molar-refractivity contribution in [3.63, 3.8) is 0 Å². The van der Waals surface area contributed by atoms with Gasteiger partial charge in [-0.05, 0) is 5.56 Å². The average molecular weight is 195 g/mol. The number of hydrogen-bond donors (Lipinski definition) is 1. The summed E-state index contributed by atoms with van der Waals surface area (Å²) in [6, 6.07) is 6.02. The number of para-hydroxylation sites is 1. The first kappa shape index (κ1) is 8.60. The Kier molecular flexibility index (Phi) is 2.02. The molecule has 0 radical (unpaired) electrons. The van der Waals surface area contributed by atoms with E-state index in [2.05, 4.69) is 0 Å². The molecule has 0 fully saturated rings. The van der Waals surface area contributed by atoms with E-state index in [1.807, 2.05) is 36.0 Å². The predicted octanol–water partition coefficient (Wildman–Crippen LogP) is 2.29. The van der Waals surface area contributed by atoms with E-state index in [9.17, 15) is 0 Å². The van der Waals surface area contributed by atoms with E-state index < -0.39 is 0 Å². The molecule has 0 aliphatic heterocycles. The Bertz CT molecular complexity index is 445. The van der Waals surface area contributed by atoms with Crippen molar-refractivity contribution in [2.45, 2.75) is 6.54 Å². The number of aryl methyl sites for hydroxylation is 1. The van der Waals surface area contributed by atoms with Gasteiger partial charge in [0.25, 0.3) is 0 Å². The minimum absolute atomic E-state index is 0.547. The molecular weight excluding hydrogens is 184 g/mol. The summed E-state index contributed by atoms with van der Waals surface area (Å²) < 4.78 is 2.01. The molecule has 1 aromatic carbocycles. The number of nitrogens with two attached hydrogens (primary N) is 1. The fourth-order valence-corrected chi connectivity index (χ4v) is 1.97. The number of hydrogen-bond acceptors (Lipinski definition) is 1. The highest BCUT2D eigenvalue weighted by atomic mass is 35.5. The summed E-state index contributed by atoms with van der Waals surface area (Å²) >= 11 is 6.05. The fourth-order valence-electron chi connectivity index (χ4n) is 1.67. The Morgan fingerprint density at radius 3 is 2.92 bits per heavy atom. The molecule has 13 heavy (non-hydrogen) atoms. The maximum Gasteiger partial charge on any atom is 0.0661 e. The van der Waals surface area contributed by atoms with E-state index in [0.717, 1.165) is 21.5 Å². The third-order valence-corrected chi connectivity index (χ3v) is 2.56. The minimum atomic E-state index is 0.547. The minimum Gasteiger partial charge on any atom is -0.349 e. The van der Waals surface area contributed by atoms with Gasteiger partial charge in [-0.25, -0.2) is 0 Å². The van der Waals surface area contributed by atoms with Gasteiger partial charge in [-0.3, -0.25) is 0 Å². The van der Waals surface area contributed by atoms with Crippen LogP contribution in [0.1, 0.15) is 5.56 Å². The lowest BCUT2D eigenvalue weighted by atomic mass is 10.1. The van der Waals surface area contributed by atoms with Crippen LogP contribution in [0.5, 0.6) is 0 Å². The average Bonchev–Trinajstić information content (AvgIpc) is 2.43. The Labute approximate surface area is 81.9 Å². The van der Waals surface area contributed by atoms with Gasteiger partial charge < -0.3 is 10.3 Å². The third kappa shape index (κ3) is 1.23. The quantitative estimate of drug-likeness (QED) is 0.742. The number of fused-ring (bicyclic) bond motifs is 1. The molecule has 0 saturated heterocycles. The van der Waals surface area contributed by atoms with Crippen LogP contribution in [0.4, 0.5) is 0 Å². The van der Waals surface area contributed by atoms with Crippen molar-refractivity contribution in [3.8, 4) is 0 Å². The van der Waals surface area contributed by atoms with Crippen molar-refractivity contribution in [1.29, 1.82) is 0 Å². The first-order valence-corrected chi connectivity index (χ1v) is 4.54. The van der Waals surface area contributed by atoms with E-state index in [-0.39, 0.29) is 0 Å². The Morgan fingerprint density at radius 2 is 2.23 bits per heavy atom. The summed E-state index contributed by atoms with van der Waals surface area (Å²) in [6.45, 7) is 0.547. The molecule has 2 nitrogen and oxygen atoms in total. The first-order chi connectivity index (χ1) is 6.24. The molecule has 0 spiro atoms. The highest BCUT2D eigenvalue weighted by Gasteiger charge is 2.06. The summed E-state index contributed by atoms with van der Waals surface area (Å²) in [5, 5.41) is 1.86. The molecule has 0 unspecified atom stereocenters. The lowest BCUT2D eigenvalue weighted by Crippen LogP contribution is -1.99. The largest absolute Gasteiger partial charge is 0.349 e. The molecule has 0 aliphatic carbocycles. The van der Waals surface area contributed by atoms with Gasteiger partial charge in [0, 0.05) is 25.2 Å². The lowest BCUT2D eigenvalue weighted by molar-refractivity contribution is 0.949. The molecule has 0 amide bonds. The third-order valence-electron chi connectivity index (χ3n) is 2.26. The van der Waals surface area contributed by atoms with Crippen molar-refractivity contribution < 1.29 is 0 Å². The molecule has 0 aliphatic rings. The second-order valence-electron chi connectivity index (χ2n) is 3.11. The number of halogens is 1. The molecule has 1 aromatic heterocycles. The summed E-state index contributed by atoms with van der Waals surface area (Å²) in [4.78, 5) is 0. The molecule has 2 N–H and O–H groups in total. The smallest absolute Gasteiger partial charge is 0.0661 e. The molecule has 0 atom stereocenters. The van der Waals surface area contributed by atoms with Gasteiger partial charge in [-0.15, -0.1) is 0 Å². The summed E-state index contributed by atoms with van der Waals surface area (Å²) in [6.07, 6.45) is 1.91. The van der Waals surface area contributed by atoms with Crippen molar-refractivity contribution >= 4 is 22.5 Å². The van der Waals surface area contributed by atoms with Gasteiger partial charge in [0.05, 0.1) is 10.5 Å². The van der Waals surface area contributed by atoms with Crippen LogP contribution in [-0.4, -0.2) is 4.57 Å². The SMILES string of the molecule is Cn1cc(Cl)c2cccc(CN)c21. The van der Waals surface area contributed by atoms with Gasteiger partial charge in [0.2, 0.25) is 0 Å². The van der Waals surface area contributed by atoms with Crippen molar-refractivity contribution in [3.05, 3.63) is 35.0 Å². The van der Waals surface area contributed by atoms with E-state index in [1.165, 1.54) is 0 Å². The summed E-state index contributed by atoms with van der Waals surface area (Å²) in [5.41, 5.74) is 7.90. The van der Waals surface area contributed by atoms with Gasteiger partial charge in [0.1, 0.15) is 0 Å². The highest BCUT2D eigenvalue weighted by molar-refractivity contribution is 6.35. The maximum absolute atomic E-state index is 6.05. The standard InChI is InChI=1S/C10H11ClN2/c1-13-6-9(11)8-4-2-3-7(5-12)10(8)13/h2-4,6H,5,12H2,1H3. The molecule has 3 heteroatoms. The Morgan fingerprint density at radius 1 is 1.46 bits per heavy atom. The molecule has 68 valence electrons. The number of nitrogens with zero attached hydrogens (tertiary/aromatic N) is 1. The lowest BCUT2D eigenvalue weighted by Gasteiger charge is -2.02. The van der Waals surface area contributed by atoms with E-state index in [0.29, 0.717) is 6.54 Å². The van der Waals surface area contributed by atoms with Crippen LogP contribution in [0, 0.1) is 0 Å². The Hall–Kier alpha value is -0.990. The highest BCUT2D eigenvalue weighted by Crippen LogP contribution is 2.27. The van der Waals surface area contributed by atoms with E-state index in [4.69, 9.17) is 17.3 Å². The van der Waals surface area contributed by atoms with Crippen molar-refractivity contribution in [2.24, 2.45) is 12.8 Å². The number of benzene rings is 1. The molecule has 1 heterocycles. The first-order valence-electron chi connectivity index (χ1n) is 4.16. The van der Waals surface area contributed by atoms with E-state index in [1.54, 1.807) is 0 Å². The van der Waals surface area contributed by atoms with Crippen LogP contribution < -0.4 is 5.73 Å². The van der Waals surface area contributed by atoms with Gasteiger partial charge in [-0.2, -0.15) is 0 Å². The zero-order chi connectivity index (χ0) is 9.42. The van der Waals surface area contributed by atoms with Gasteiger partial charge in [-0.1, -0.05) is 29.8 Å². The molecule has 2 rings (SSSR count). The maximum atomic E-state index is 6.05.